The Morgan fingerprint density at radius 3 is 3.00 bits per heavy atom. The van der Waals surface area contributed by atoms with Crippen LogP contribution in [0.25, 0.3) is 0 Å². The van der Waals surface area contributed by atoms with Crippen LogP contribution in [0.3, 0.4) is 0 Å². The zero-order chi connectivity index (χ0) is 7.84. The predicted molar refractivity (Wildman–Crippen MR) is 38.9 cm³/mol. The molecule has 1 saturated carbocycles. The fourth-order valence-corrected chi connectivity index (χ4v) is 1.79. The maximum atomic E-state index is 11.2. The molecule has 1 heterocycles. The van der Waals surface area contributed by atoms with Crippen molar-refractivity contribution in [2.45, 2.75) is 12.8 Å². The molecule has 59 valence electrons. The smallest absolute Gasteiger partial charge is 0.207 e. The lowest BCUT2D eigenvalue weighted by molar-refractivity contribution is -0.137. The van der Waals surface area contributed by atoms with Gasteiger partial charge in [-0.05, 0) is 18.9 Å². The van der Waals surface area contributed by atoms with Crippen molar-refractivity contribution in [1.29, 1.82) is 0 Å². The first-order valence-electron chi connectivity index (χ1n) is 3.93. The minimum Gasteiger partial charge on any atom is -0.315 e. The number of Topliss-reactive ketones (excluding diaryl/α,β-unsaturated/α-hetero) is 2. The van der Waals surface area contributed by atoms with Gasteiger partial charge in [-0.2, -0.15) is 0 Å². The number of fused-ring (bicyclic) bond motifs is 1. The Morgan fingerprint density at radius 2 is 2.18 bits per heavy atom. The molecule has 0 amide bonds. The highest BCUT2D eigenvalue weighted by Crippen LogP contribution is 2.29. The number of nitrogens with one attached hydrogen (secondary N) is 1. The van der Waals surface area contributed by atoms with Gasteiger partial charge in [0.25, 0.3) is 0 Å². The minimum atomic E-state index is -0.216. The van der Waals surface area contributed by atoms with Gasteiger partial charge < -0.3 is 5.32 Å². The molecule has 0 aromatic rings. The first kappa shape index (κ1) is 6.98. The van der Waals surface area contributed by atoms with Gasteiger partial charge in [-0.3, -0.25) is 9.59 Å². The van der Waals surface area contributed by atoms with E-state index in [1.165, 1.54) is 0 Å². The normalized spacial score (nSPS) is 32.5. The number of carbonyl (C=O) groups is 2. The molecular weight excluding hydrogens is 142 g/mol. The van der Waals surface area contributed by atoms with Crippen LogP contribution in [0.5, 0.6) is 0 Å². The fourth-order valence-electron chi connectivity index (χ4n) is 1.79. The van der Waals surface area contributed by atoms with E-state index in [0.717, 1.165) is 18.9 Å². The average molecular weight is 152 g/mol. The van der Waals surface area contributed by atoms with Crippen LogP contribution in [-0.4, -0.2) is 24.7 Å². The topological polar surface area (TPSA) is 46.2 Å². The summed E-state index contributed by atoms with van der Waals surface area (Å²) in [6.07, 6.45) is 1.32. The van der Waals surface area contributed by atoms with E-state index in [2.05, 4.69) is 5.32 Å². The van der Waals surface area contributed by atoms with Crippen LogP contribution in [0, 0.1) is 11.8 Å². The lowest BCUT2D eigenvalue weighted by Crippen LogP contribution is -2.32. The summed E-state index contributed by atoms with van der Waals surface area (Å²) in [4.78, 5) is 22.1. The molecule has 1 saturated heterocycles. The molecule has 2 aliphatic rings. The van der Waals surface area contributed by atoms with Crippen LogP contribution in [0.15, 0.2) is 0 Å². The van der Waals surface area contributed by atoms with Crippen molar-refractivity contribution in [2.24, 2.45) is 5.92 Å². The summed E-state index contributed by atoms with van der Waals surface area (Å²) < 4.78 is 0. The van der Waals surface area contributed by atoms with E-state index in [1.807, 2.05) is 0 Å². The highest BCUT2D eigenvalue weighted by Gasteiger charge is 2.40. The Bertz CT molecular complexity index is 212. The molecule has 1 aliphatic carbocycles. The van der Waals surface area contributed by atoms with Crippen LogP contribution >= 0.6 is 0 Å². The molecule has 1 aliphatic heterocycles. The molecule has 1 N–H and O–H groups in total. The van der Waals surface area contributed by atoms with Gasteiger partial charge in [-0.15, -0.1) is 0 Å². The third-order valence-electron chi connectivity index (χ3n) is 2.46. The summed E-state index contributed by atoms with van der Waals surface area (Å²) in [6.45, 7) is 1.52. The quantitative estimate of drug-likeness (QED) is 0.485. The van der Waals surface area contributed by atoms with Crippen LogP contribution < -0.4 is 5.32 Å². The van der Waals surface area contributed by atoms with Gasteiger partial charge in [-0.25, -0.2) is 0 Å². The molecule has 0 bridgehead atoms. The van der Waals surface area contributed by atoms with E-state index in [9.17, 15) is 9.59 Å². The zero-order valence-electron chi connectivity index (χ0n) is 6.22. The van der Waals surface area contributed by atoms with Gasteiger partial charge in [-0.1, -0.05) is 0 Å². The molecule has 1 radical (unpaired) electrons. The van der Waals surface area contributed by atoms with Crippen molar-refractivity contribution in [3.63, 3.8) is 0 Å². The first-order chi connectivity index (χ1) is 5.29. The third kappa shape index (κ3) is 0.997. The second-order valence-electron chi connectivity index (χ2n) is 3.14. The summed E-state index contributed by atoms with van der Waals surface area (Å²) in [5.41, 5.74) is 0. The molecule has 3 heteroatoms. The van der Waals surface area contributed by atoms with Crippen molar-refractivity contribution >= 4 is 11.6 Å². The average Bonchev–Trinajstić information content (AvgIpc) is 2.45. The lowest BCUT2D eigenvalue weighted by Gasteiger charge is -2.20. The number of rotatable bonds is 0. The summed E-state index contributed by atoms with van der Waals surface area (Å²) in [6, 6.07) is 0. The standard InChI is InChI=1S/C8H10NO2/c10-7-2-1-5-3-9-4-6(5)8(7)11/h5,9H,1-4H2. The first-order valence-corrected chi connectivity index (χ1v) is 3.93. The van der Waals surface area contributed by atoms with Crippen molar-refractivity contribution < 1.29 is 9.59 Å². The molecule has 2 rings (SSSR count). The lowest BCUT2D eigenvalue weighted by atomic mass is 9.80. The molecule has 3 nitrogen and oxygen atoms in total. The van der Waals surface area contributed by atoms with Gasteiger partial charge in [0.2, 0.25) is 5.78 Å². The highest BCUT2D eigenvalue weighted by atomic mass is 16.2. The Balaban J connectivity index is 2.18. The Labute approximate surface area is 65.2 Å². The van der Waals surface area contributed by atoms with Gasteiger partial charge in [0.1, 0.15) is 0 Å². The molecule has 2 fully saturated rings. The van der Waals surface area contributed by atoms with Gasteiger partial charge in [0.05, 0.1) is 5.92 Å². The van der Waals surface area contributed by atoms with Gasteiger partial charge in [0.15, 0.2) is 5.78 Å². The molecule has 0 spiro atoms. The monoisotopic (exact) mass is 152 g/mol. The van der Waals surface area contributed by atoms with Crippen molar-refractivity contribution in [3.05, 3.63) is 5.92 Å². The summed E-state index contributed by atoms with van der Waals surface area (Å²) in [5, 5.41) is 3.11. The maximum Gasteiger partial charge on any atom is 0.207 e. The van der Waals surface area contributed by atoms with E-state index in [4.69, 9.17) is 0 Å². The van der Waals surface area contributed by atoms with E-state index in [1.54, 1.807) is 0 Å². The molecular formula is C8H10NO2. The molecule has 11 heavy (non-hydrogen) atoms. The molecule has 1 atom stereocenters. The van der Waals surface area contributed by atoms with E-state index in [-0.39, 0.29) is 11.6 Å². The van der Waals surface area contributed by atoms with E-state index >= 15 is 0 Å². The van der Waals surface area contributed by atoms with Crippen LogP contribution in [0.1, 0.15) is 12.8 Å². The Morgan fingerprint density at radius 1 is 1.36 bits per heavy atom. The van der Waals surface area contributed by atoms with Gasteiger partial charge >= 0.3 is 0 Å². The number of hydrogen-bond acceptors (Lipinski definition) is 3. The minimum absolute atomic E-state index is 0.194. The number of ketones is 2. The maximum absolute atomic E-state index is 11.2. The van der Waals surface area contributed by atoms with Gasteiger partial charge in [0, 0.05) is 13.0 Å². The van der Waals surface area contributed by atoms with Crippen molar-refractivity contribution in [1.82, 2.24) is 5.32 Å². The largest absolute Gasteiger partial charge is 0.315 e. The predicted octanol–water partition coefficient (Wildman–Crippen LogP) is -0.288. The Hall–Kier alpha value is -0.700. The SMILES string of the molecule is O=C1CCC2CNC[C]2C1=O. The molecule has 0 aromatic heterocycles. The summed E-state index contributed by atoms with van der Waals surface area (Å²) in [7, 11) is 0. The number of hydrogen-bond donors (Lipinski definition) is 1. The summed E-state index contributed by atoms with van der Waals surface area (Å²) in [5.74, 6) is 0.771. The number of carbonyl (C=O) groups excluding carboxylic acids is 2. The van der Waals surface area contributed by atoms with E-state index in [0.29, 0.717) is 18.9 Å². The second-order valence-corrected chi connectivity index (χ2v) is 3.14. The van der Waals surface area contributed by atoms with Crippen LogP contribution in [0.4, 0.5) is 0 Å². The van der Waals surface area contributed by atoms with Crippen molar-refractivity contribution in [3.8, 4) is 0 Å². The van der Waals surface area contributed by atoms with Crippen molar-refractivity contribution in [2.75, 3.05) is 13.1 Å². The molecule has 1 unspecified atom stereocenters. The zero-order valence-corrected chi connectivity index (χ0v) is 6.22. The fraction of sp³-hybridized carbons (Fsp3) is 0.625. The Kier molecular flexibility index (Phi) is 1.53. The highest BCUT2D eigenvalue weighted by molar-refractivity contribution is 6.43. The molecule has 0 aromatic carbocycles. The van der Waals surface area contributed by atoms with Crippen LogP contribution in [0.2, 0.25) is 0 Å². The van der Waals surface area contributed by atoms with Crippen LogP contribution in [-0.2, 0) is 9.59 Å². The second kappa shape index (κ2) is 2.41. The summed E-state index contributed by atoms with van der Waals surface area (Å²) >= 11 is 0. The van der Waals surface area contributed by atoms with E-state index < -0.39 is 0 Å². The third-order valence-corrected chi connectivity index (χ3v) is 2.46.